The molecule has 0 saturated carbocycles. The minimum absolute atomic E-state index is 0.392. The van der Waals surface area contributed by atoms with Gasteiger partial charge in [-0.05, 0) is 18.9 Å². The molecule has 1 aromatic carbocycles. The number of carbonyl (C=O) groups excluding carboxylic acids is 1. The lowest BCUT2D eigenvalue weighted by Crippen LogP contribution is -2.15. The Labute approximate surface area is 76.7 Å². The molecule has 4 heteroatoms. The number of para-hydroxylation sites is 1. The number of hydrogen-bond acceptors (Lipinski definition) is 3. The summed E-state index contributed by atoms with van der Waals surface area (Å²) in [6, 6.07) is 9.00. The smallest absolute Gasteiger partial charge is 0.250 e. The molecule has 0 aromatic heterocycles. The first kappa shape index (κ1) is 11.3. The molecule has 0 saturated heterocycles. The summed E-state index contributed by atoms with van der Waals surface area (Å²) >= 11 is 0. The van der Waals surface area contributed by atoms with Gasteiger partial charge in [-0.2, -0.15) is 0 Å². The van der Waals surface area contributed by atoms with Crippen molar-refractivity contribution in [1.82, 2.24) is 0 Å². The molecule has 1 amide bonds. The van der Waals surface area contributed by atoms with Gasteiger partial charge in [0.15, 0.2) is 0 Å². The molecule has 0 heterocycles. The highest BCUT2D eigenvalue weighted by Crippen LogP contribution is 2.03. The lowest BCUT2D eigenvalue weighted by Gasteiger charge is -2.00. The highest BCUT2D eigenvalue weighted by Gasteiger charge is 1.96. The first-order valence-corrected chi connectivity index (χ1v) is 3.64. The van der Waals surface area contributed by atoms with Crippen molar-refractivity contribution < 1.29 is 9.90 Å². The molecule has 0 fully saturated rings. The molecule has 0 aliphatic heterocycles. The number of amides is 1. The summed E-state index contributed by atoms with van der Waals surface area (Å²) in [5.74, 6) is -0.392. The molecule has 70 valence electrons. The predicted octanol–water partition coefficient (Wildman–Crippen LogP) is 0.883. The van der Waals surface area contributed by atoms with Gasteiger partial charge in [0.25, 0.3) is 0 Å². The normalized spacial score (nSPS) is 8.08. The highest BCUT2D eigenvalue weighted by molar-refractivity contribution is 5.91. The fourth-order valence-electron chi connectivity index (χ4n) is 0.722. The zero-order valence-electron chi connectivity index (χ0n) is 7.16. The second kappa shape index (κ2) is 7.00. The van der Waals surface area contributed by atoms with Crippen LogP contribution in [0.15, 0.2) is 30.3 Å². The van der Waals surface area contributed by atoms with Gasteiger partial charge in [0, 0.05) is 5.69 Å². The Hall–Kier alpha value is -1.68. The van der Waals surface area contributed by atoms with Crippen molar-refractivity contribution in [3.63, 3.8) is 0 Å². The number of benzene rings is 1. The molecule has 0 unspecified atom stereocenters. The molecule has 0 aliphatic carbocycles. The maximum Gasteiger partial charge on any atom is 0.250 e. The van der Waals surface area contributed by atoms with E-state index in [4.69, 9.17) is 10.5 Å². The molecular weight excluding hydrogens is 168 g/mol. The lowest BCUT2D eigenvalue weighted by molar-refractivity contribution is -0.118. The van der Waals surface area contributed by atoms with Crippen molar-refractivity contribution in [2.24, 2.45) is 0 Å². The van der Waals surface area contributed by atoms with E-state index in [2.05, 4.69) is 12.0 Å². The Morgan fingerprint density at radius 3 is 2.38 bits per heavy atom. The summed E-state index contributed by atoms with van der Waals surface area (Å²) in [6.07, 6.45) is 0. The van der Waals surface area contributed by atoms with Gasteiger partial charge < -0.3 is 15.8 Å². The van der Waals surface area contributed by atoms with Gasteiger partial charge in [0.2, 0.25) is 5.91 Å². The van der Waals surface area contributed by atoms with E-state index in [0.717, 1.165) is 0 Å². The van der Waals surface area contributed by atoms with Crippen molar-refractivity contribution >= 4 is 18.3 Å². The highest BCUT2D eigenvalue weighted by atomic mass is 16.3. The monoisotopic (exact) mass is 180 g/mol. The first-order chi connectivity index (χ1) is 6.33. The molecule has 0 aliphatic rings. The largest absolute Gasteiger partial charge is 0.387 e. The fourth-order valence-corrected chi connectivity index (χ4v) is 0.722. The van der Waals surface area contributed by atoms with Crippen LogP contribution in [-0.4, -0.2) is 24.3 Å². The molecule has 1 aromatic rings. The van der Waals surface area contributed by atoms with Crippen molar-refractivity contribution in [2.45, 2.75) is 0 Å². The maximum absolute atomic E-state index is 10.6. The molecule has 0 bridgehead atoms. The fraction of sp³-hybridized carbons (Fsp3) is 0.111. The third-order valence-electron chi connectivity index (χ3n) is 1.20. The third kappa shape index (κ3) is 4.71. The maximum atomic E-state index is 10.6. The van der Waals surface area contributed by atoms with E-state index in [0.29, 0.717) is 5.69 Å². The number of rotatable bonds is 2. The summed E-state index contributed by atoms with van der Waals surface area (Å²) in [4.78, 5) is 10.6. The third-order valence-corrected chi connectivity index (χ3v) is 1.20. The number of carbonyl (C=O) groups is 1. The van der Waals surface area contributed by atoms with Crippen LogP contribution in [0.4, 0.5) is 5.69 Å². The van der Waals surface area contributed by atoms with Crippen LogP contribution in [0.25, 0.3) is 0 Å². The van der Waals surface area contributed by atoms with Crippen LogP contribution >= 0.6 is 0 Å². The van der Waals surface area contributed by atoms with Gasteiger partial charge in [-0.3, -0.25) is 4.79 Å². The van der Waals surface area contributed by atoms with E-state index < -0.39 is 12.5 Å². The van der Waals surface area contributed by atoms with Crippen LogP contribution < -0.4 is 5.32 Å². The Morgan fingerprint density at radius 2 is 1.92 bits per heavy atom. The summed E-state index contributed by atoms with van der Waals surface area (Å²) in [7, 11) is 0. The summed E-state index contributed by atoms with van der Waals surface area (Å²) < 4.78 is 0. The quantitative estimate of drug-likeness (QED) is 0.591. The van der Waals surface area contributed by atoms with Crippen molar-refractivity contribution in [3.8, 4) is 0 Å². The van der Waals surface area contributed by atoms with Gasteiger partial charge in [-0.25, -0.2) is 0 Å². The minimum atomic E-state index is -0.477. The van der Waals surface area contributed by atoms with Gasteiger partial charge in [-0.15, -0.1) is 0 Å². The summed E-state index contributed by atoms with van der Waals surface area (Å²) in [5.41, 5.74) is 0.701. The number of anilines is 1. The summed E-state index contributed by atoms with van der Waals surface area (Å²) in [5, 5.41) is 16.4. The van der Waals surface area contributed by atoms with E-state index in [-0.39, 0.29) is 0 Å². The van der Waals surface area contributed by atoms with E-state index in [1.165, 1.54) is 0 Å². The average molecular weight is 180 g/mol. The Morgan fingerprint density at radius 1 is 1.38 bits per heavy atom. The van der Waals surface area contributed by atoms with E-state index in [1.807, 2.05) is 18.2 Å². The lowest BCUT2D eigenvalue weighted by atomic mass is 10.3. The first-order valence-electron chi connectivity index (χ1n) is 3.64. The summed E-state index contributed by atoms with van der Waals surface area (Å²) in [6.45, 7) is 2.02. The van der Waals surface area contributed by atoms with E-state index in [9.17, 15) is 4.79 Å². The van der Waals surface area contributed by atoms with Crippen LogP contribution in [0.5, 0.6) is 0 Å². The number of hydrogen-bond donors (Lipinski definition) is 3. The van der Waals surface area contributed by atoms with Crippen molar-refractivity contribution in [1.29, 1.82) is 5.41 Å². The molecule has 3 N–H and O–H groups in total. The molecule has 0 atom stereocenters. The van der Waals surface area contributed by atoms with E-state index in [1.54, 1.807) is 12.1 Å². The molecule has 1 rings (SSSR count). The van der Waals surface area contributed by atoms with Crippen LogP contribution in [-0.2, 0) is 4.79 Å². The van der Waals surface area contributed by atoms with Crippen LogP contribution in [0, 0.1) is 5.41 Å². The van der Waals surface area contributed by atoms with Crippen molar-refractivity contribution in [2.75, 3.05) is 11.9 Å². The molecular formula is C9H12N2O2. The SMILES string of the molecule is C=N.O=C(CO)Nc1ccccc1. The Bertz CT molecular complexity index is 249. The molecule has 4 nitrogen and oxygen atoms in total. The van der Waals surface area contributed by atoms with Crippen LogP contribution in [0.1, 0.15) is 0 Å². The van der Waals surface area contributed by atoms with Crippen LogP contribution in [0.3, 0.4) is 0 Å². The molecule has 0 spiro atoms. The second-order valence-corrected chi connectivity index (χ2v) is 2.07. The van der Waals surface area contributed by atoms with Gasteiger partial charge in [-0.1, -0.05) is 18.2 Å². The average Bonchev–Trinajstić information content (AvgIpc) is 2.22. The molecule has 0 radical (unpaired) electrons. The molecule has 13 heavy (non-hydrogen) atoms. The Balaban J connectivity index is 0.000000671. The van der Waals surface area contributed by atoms with E-state index >= 15 is 0 Å². The van der Waals surface area contributed by atoms with Gasteiger partial charge in [0.05, 0.1) is 0 Å². The van der Waals surface area contributed by atoms with Crippen molar-refractivity contribution in [3.05, 3.63) is 30.3 Å². The predicted molar refractivity (Wildman–Crippen MR) is 52.0 cm³/mol. The number of aliphatic hydroxyl groups excluding tert-OH is 1. The topological polar surface area (TPSA) is 73.2 Å². The Kier molecular flexibility index (Phi) is 6.09. The zero-order chi connectivity index (χ0) is 10.1. The van der Waals surface area contributed by atoms with Gasteiger partial charge in [0.1, 0.15) is 6.61 Å². The standard InChI is InChI=1S/C8H9NO2.CH3N/c10-6-8(11)9-7-4-2-1-3-5-7;1-2/h1-5,10H,6H2,(H,9,11);2H,1H2. The zero-order valence-corrected chi connectivity index (χ0v) is 7.16. The second-order valence-electron chi connectivity index (χ2n) is 2.07. The number of nitrogens with one attached hydrogen (secondary N) is 2. The number of aliphatic hydroxyl groups is 1. The minimum Gasteiger partial charge on any atom is -0.387 e. The van der Waals surface area contributed by atoms with Gasteiger partial charge >= 0.3 is 0 Å². The van der Waals surface area contributed by atoms with Crippen LogP contribution in [0.2, 0.25) is 0 Å².